The van der Waals surface area contributed by atoms with Crippen LogP contribution in [0, 0.1) is 0 Å². The summed E-state index contributed by atoms with van der Waals surface area (Å²) < 4.78 is 40.6. The van der Waals surface area contributed by atoms with Gasteiger partial charge in [-0.1, -0.05) is 0 Å². The zero-order chi connectivity index (χ0) is 81.4. The molecule has 45 nitrogen and oxygen atoms in total. The van der Waals surface area contributed by atoms with Crippen molar-refractivity contribution >= 4 is 105 Å². The largest absolute Gasteiger partial charge is 0.481 e. The molecule has 2 aliphatic rings. The van der Waals surface area contributed by atoms with Crippen LogP contribution in [-0.2, 0) is 89.3 Å². The number of nitrogens with zero attached hydrogens (tertiary/aromatic N) is 6. The summed E-state index contributed by atoms with van der Waals surface area (Å²) in [6.07, 6.45) is -9.86. The molecule has 604 valence electrons. The van der Waals surface area contributed by atoms with E-state index < -0.39 is 138 Å². The lowest BCUT2D eigenvalue weighted by Gasteiger charge is -2.40. The van der Waals surface area contributed by atoms with Crippen molar-refractivity contribution in [1.82, 2.24) is 66.5 Å². The van der Waals surface area contributed by atoms with Crippen molar-refractivity contribution in [1.29, 1.82) is 0 Å². The molecule has 8 rings (SSSR count). The van der Waals surface area contributed by atoms with Crippen LogP contribution in [-0.4, -0.2) is 276 Å². The molecule has 0 aliphatic carbocycles. The van der Waals surface area contributed by atoms with E-state index in [1.54, 1.807) is 24.3 Å². The van der Waals surface area contributed by atoms with Crippen LogP contribution in [0.3, 0.4) is 0 Å². The van der Waals surface area contributed by atoms with Gasteiger partial charge in [-0.05, 0) is 61.4 Å². The maximum Gasteiger partial charge on any atom is 0.326 e. The van der Waals surface area contributed by atoms with Crippen LogP contribution in [0.4, 0.5) is 23.3 Å². The number of nitrogens with two attached hydrogens (primary N) is 3. The Bertz CT molecular complexity index is 4280. The summed E-state index contributed by atoms with van der Waals surface area (Å²) in [6.45, 7) is 0.367. The first-order chi connectivity index (χ1) is 52.9. The average molecular weight is 1570 g/mol. The number of nitrogens with one attached hydrogen (secondary N) is 9. The van der Waals surface area contributed by atoms with Crippen molar-refractivity contribution in [2.45, 2.75) is 138 Å². The summed E-state index contributed by atoms with van der Waals surface area (Å²) in [5.74, 6) is -7.87. The number of hydrogen-bond acceptors (Lipinski definition) is 35. The van der Waals surface area contributed by atoms with Crippen molar-refractivity contribution in [2.75, 3.05) is 89.9 Å². The zero-order valence-electron chi connectivity index (χ0n) is 60.2. The number of benzene rings is 2. The van der Waals surface area contributed by atoms with Gasteiger partial charge in [-0.25, -0.2) is 29.5 Å². The number of nitrogen functional groups attached to an aromatic ring is 2. The van der Waals surface area contributed by atoms with Gasteiger partial charge in [0.15, 0.2) is 34.9 Å². The molecule has 6 aromatic rings. The highest BCUT2D eigenvalue weighted by Crippen LogP contribution is 2.26. The van der Waals surface area contributed by atoms with Crippen LogP contribution in [0.1, 0.15) is 83.5 Å². The fourth-order valence-electron chi connectivity index (χ4n) is 10.4. The number of amides is 5. The highest BCUT2D eigenvalue weighted by atomic mass is 16.7. The Labute approximate surface area is 628 Å². The third kappa shape index (κ3) is 27.8. The second-order valence-electron chi connectivity index (χ2n) is 24.2. The van der Waals surface area contributed by atoms with Crippen LogP contribution >= 0.6 is 0 Å². The van der Waals surface area contributed by atoms with Gasteiger partial charge in [0, 0.05) is 96.4 Å². The first-order valence-electron chi connectivity index (χ1n) is 33.9. The van der Waals surface area contributed by atoms with Crippen molar-refractivity contribution in [3.8, 4) is 0 Å². The number of H-pyrrole nitrogens is 2. The minimum absolute atomic E-state index is 0.0155. The van der Waals surface area contributed by atoms with E-state index in [-0.39, 0.29) is 149 Å². The predicted molar refractivity (Wildman–Crippen MR) is 382 cm³/mol. The smallest absolute Gasteiger partial charge is 0.326 e. The van der Waals surface area contributed by atoms with Gasteiger partial charge in [-0.15, -0.1) is 0 Å². The molecule has 4 aromatic heterocycles. The highest BCUT2D eigenvalue weighted by Gasteiger charge is 2.47. The van der Waals surface area contributed by atoms with E-state index >= 15 is 0 Å². The minimum atomic E-state index is -1.36. The van der Waals surface area contributed by atoms with Crippen LogP contribution in [0.5, 0.6) is 0 Å². The number of aliphatic carboxylic acids is 3. The molecule has 45 heteroatoms. The van der Waals surface area contributed by atoms with Gasteiger partial charge in [0.2, 0.25) is 29.6 Å². The monoisotopic (exact) mass is 1560 g/mol. The minimum Gasteiger partial charge on any atom is -0.481 e. The second kappa shape index (κ2) is 44.1. The molecule has 2 aliphatic heterocycles. The number of anilines is 4. The van der Waals surface area contributed by atoms with Crippen LogP contribution in [0.15, 0.2) is 70.5 Å². The number of esters is 2. The molecule has 22 N–H and O–H groups in total. The Balaban J connectivity index is 0.000000291. The first-order valence-corrected chi connectivity index (χ1v) is 33.9. The summed E-state index contributed by atoms with van der Waals surface area (Å²) in [5, 5.41) is 86.3. The van der Waals surface area contributed by atoms with Gasteiger partial charge in [0.1, 0.15) is 74.1 Å². The Morgan fingerprint density at radius 2 is 0.883 bits per heavy atom. The van der Waals surface area contributed by atoms with Crippen molar-refractivity contribution in [3.05, 3.63) is 104 Å². The van der Waals surface area contributed by atoms with E-state index in [0.717, 1.165) is 0 Å². The van der Waals surface area contributed by atoms with E-state index in [2.05, 4.69) is 77.1 Å². The van der Waals surface area contributed by atoms with Crippen LogP contribution in [0.25, 0.3) is 22.3 Å². The fraction of sp³-hybridized carbons (Fsp3) is 0.485. The van der Waals surface area contributed by atoms with Gasteiger partial charge >= 0.3 is 29.8 Å². The predicted octanol–water partition coefficient (Wildman–Crippen LogP) is -5.02. The molecule has 0 radical (unpaired) electrons. The number of carboxylic acids is 3. The van der Waals surface area contributed by atoms with Gasteiger partial charge in [-0.3, -0.25) is 57.9 Å². The van der Waals surface area contributed by atoms with Gasteiger partial charge in [0.25, 0.3) is 22.9 Å². The van der Waals surface area contributed by atoms with Gasteiger partial charge < -0.3 is 128 Å². The lowest BCUT2D eigenvalue weighted by Crippen LogP contribution is -2.59. The number of fused-ring (bicyclic) bond motifs is 2. The van der Waals surface area contributed by atoms with Crippen molar-refractivity contribution < 1.29 is 122 Å². The molecule has 2 aromatic carbocycles. The molecule has 0 saturated carbocycles. The molecule has 5 amide bonds. The van der Waals surface area contributed by atoms with Crippen molar-refractivity contribution in [3.63, 3.8) is 0 Å². The van der Waals surface area contributed by atoms with E-state index in [1.165, 1.54) is 65.1 Å². The highest BCUT2D eigenvalue weighted by molar-refractivity contribution is 5.98. The quantitative estimate of drug-likeness (QED) is 0.0128. The normalized spacial score (nSPS) is 19.7. The Hall–Kier alpha value is -11.7. The van der Waals surface area contributed by atoms with Crippen LogP contribution in [0.2, 0.25) is 0 Å². The number of rotatable bonds is 37. The number of aliphatic hydroxyl groups is 4. The number of aliphatic hydroxyl groups excluding tert-OH is 4. The lowest BCUT2D eigenvalue weighted by molar-refractivity contribution is -0.298. The number of ether oxygens (including phenoxy) is 8. The van der Waals surface area contributed by atoms with E-state index in [1.807, 2.05) is 0 Å². The number of carboxylic acid groups (broad SMARTS) is 3. The average Bonchev–Trinajstić information content (AvgIpc) is 0.821. The summed E-state index contributed by atoms with van der Waals surface area (Å²) in [5.41, 5.74) is 18.2. The molecule has 12 atom stereocenters. The number of carbonyl (C=O) groups is 10. The SMILES string of the molecule is CO[C@H]1OC(COC(=O)CCC(=O)NCCNC(=O)CCC(NC(=O)c2ccc(NCc3cnc4nc(N)[nH]c(=O)c4n3)cc2)C(=O)O)[C@@H](O)[C@H](OC)C1O.CO[C@H]1OC(COC(=O)CCC(=O)O)[C@@H](O)[C@H](OC)C1O.NCCNC(=O)CCC(NC(=O)c1ccc(NCc2cnc3nc(N)[nH]c(=O)c3n2)cc1)C(=O)O. The number of hydrogen-bond donors (Lipinski definition) is 19. The van der Waals surface area contributed by atoms with E-state index in [9.17, 15) is 88.2 Å². The third-order valence-electron chi connectivity index (χ3n) is 16.2. The Morgan fingerprint density at radius 3 is 1.24 bits per heavy atom. The van der Waals surface area contributed by atoms with Crippen LogP contribution < -0.4 is 65.5 Å². The molecule has 2 saturated heterocycles. The molecular weight excluding hydrogens is 1480 g/mol. The molecule has 6 heterocycles. The maximum absolute atomic E-state index is 12.8. The summed E-state index contributed by atoms with van der Waals surface area (Å²) in [7, 11) is 5.21. The topological polar surface area (TPSA) is 691 Å². The second-order valence-corrected chi connectivity index (χ2v) is 24.2. The molecule has 2 fully saturated rings. The number of methoxy groups -OCH3 is 4. The molecule has 0 bridgehead atoms. The van der Waals surface area contributed by atoms with Gasteiger partial charge in [-0.2, -0.15) is 9.97 Å². The summed E-state index contributed by atoms with van der Waals surface area (Å²) in [4.78, 5) is 172. The maximum atomic E-state index is 12.8. The lowest BCUT2D eigenvalue weighted by atomic mass is 9.99. The van der Waals surface area contributed by atoms with Gasteiger partial charge in [0.05, 0.1) is 56.1 Å². The molecule has 6 unspecified atom stereocenters. The first kappa shape index (κ1) is 88.2. The fourth-order valence-corrected chi connectivity index (χ4v) is 10.4. The number of carbonyl (C=O) groups excluding carboxylic acids is 7. The van der Waals surface area contributed by atoms with E-state index in [0.29, 0.717) is 29.3 Å². The zero-order valence-corrected chi connectivity index (χ0v) is 60.2. The van der Waals surface area contributed by atoms with Crippen molar-refractivity contribution in [2.24, 2.45) is 5.73 Å². The molecule has 111 heavy (non-hydrogen) atoms. The number of aromatic nitrogens is 8. The van der Waals surface area contributed by atoms with E-state index in [4.69, 9.17) is 60.2 Å². The Morgan fingerprint density at radius 1 is 0.505 bits per heavy atom. The third-order valence-corrected chi connectivity index (χ3v) is 16.2. The summed E-state index contributed by atoms with van der Waals surface area (Å²) in [6, 6.07) is 9.86. The summed E-state index contributed by atoms with van der Waals surface area (Å²) >= 11 is 0. The standard InChI is InChI=1S/C33H43N9O13.C21H25N9O5.C12H20O9/c1-52-27-25(46)20(55-32(53-2)26(27)47)15-54-23(45)10-9-22(44)36-12-11-35-21(43)8-7-19(31(50)51)40-29(48)16-3-5-17(6-4-16)37-13-18-14-38-28-24(39-18)30(49)42-33(34)41-28;22-7-8-24-15(31)6-5-14(20(34)35)28-18(32)11-1-3-12(4-2-11)25-9-13-10-26-17-16(27-13)19(33)30-21(23)29-17;1-18-11-9(16)6(21-12(19-2)10(11)17)5-20-8(15)4-3-7(13)14/h3-6,14,19-20,25-27,32,37,46-47H,7-13,15H2,1-2H3,(H,35,43)(H,36,44)(H,40,48)(H,50,51)(H3,34,38,41,42,49);1-4,10,14,25H,5-9,22H2,(H,24,31)(H,28,32)(H,34,35)(H3,23,26,29,30,33);6,9-12,16-17H,3-5H2,1-2H3,(H,13,14)/t19?,20?,25-,26?,27+,32+;;6?,9-,10?,11+,12+/m1.1/s1. The molecular formula is C66H88N18O27. The number of aromatic amines is 2. The molecule has 0 spiro atoms. The Kier molecular flexibility index (Phi) is 35.1.